The molecule has 0 unspecified atom stereocenters. The minimum atomic E-state index is -0.339. The van der Waals surface area contributed by atoms with Crippen molar-refractivity contribution >= 4 is 40.0 Å². The van der Waals surface area contributed by atoms with E-state index in [9.17, 15) is 9.59 Å². The van der Waals surface area contributed by atoms with Crippen LogP contribution in [0.2, 0.25) is 0 Å². The van der Waals surface area contributed by atoms with Crippen LogP contribution >= 0.6 is 11.8 Å². The Hall–Kier alpha value is -2.01. The summed E-state index contributed by atoms with van der Waals surface area (Å²) >= 11 is 0.918. The smallest absolute Gasteiger partial charge is 0.290 e. The van der Waals surface area contributed by atoms with Crippen molar-refractivity contribution in [1.29, 1.82) is 0 Å². The molecule has 5 heteroatoms. The summed E-state index contributed by atoms with van der Waals surface area (Å²) in [5.74, 6) is -0.339. The molecular weight excluding hydrogens is 250 g/mol. The van der Waals surface area contributed by atoms with Crippen molar-refractivity contribution in [2.24, 2.45) is 0 Å². The van der Waals surface area contributed by atoms with E-state index in [1.54, 1.807) is 12.3 Å². The molecular formula is C13H9NO3S. The van der Waals surface area contributed by atoms with Crippen LogP contribution in [0.5, 0.6) is 0 Å². The molecule has 4 nitrogen and oxygen atoms in total. The van der Waals surface area contributed by atoms with Gasteiger partial charge in [0.25, 0.3) is 11.1 Å². The van der Waals surface area contributed by atoms with E-state index in [2.05, 4.69) is 5.32 Å². The average molecular weight is 259 g/mol. The minimum Gasteiger partial charge on any atom is -0.464 e. The van der Waals surface area contributed by atoms with Crippen LogP contribution in [0.25, 0.3) is 17.0 Å². The fraction of sp³-hybridized carbons (Fsp3) is 0.0769. The van der Waals surface area contributed by atoms with Crippen LogP contribution in [0.4, 0.5) is 4.79 Å². The number of thioether (sulfide) groups is 1. The highest BCUT2D eigenvalue weighted by molar-refractivity contribution is 8.18. The number of fused-ring (bicyclic) bond motifs is 1. The third-order valence-electron chi connectivity index (χ3n) is 2.73. The zero-order valence-electron chi connectivity index (χ0n) is 9.52. The Labute approximate surface area is 107 Å². The number of aryl methyl sites for hydroxylation is 1. The van der Waals surface area contributed by atoms with Gasteiger partial charge in [0.15, 0.2) is 0 Å². The molecule has 1 aliphatic rings. The molecule has 1 saturated heterocycles. The maximum atomic E-state index is 11.4. The lowest BCUT2D eigenvalue weighted by Gasteiger charge is -1.96. The van der Waals surface area contributed by atoms with Gasteiger partial charge in [-0.25, -0.2) is 0 Å². The van der Waals surface area contributed by atoms with Crippen molar-refractivity contribution in [1.82, 2.24) is 5.32 Å². The summed E-state index contributed by atoms with van der Waals surface area (Å²) in [5, 5.41) is 2.91. The van der Waals surface area contributed by atoms with Gasteiger partial charge in [-0.2, -0.15) is 0 Å². The molecule has 1 aromatic heterocycles. The monoisotopic (exact) mass is 259 g/mol. The van der Waals surface area contributed by atoms with Crippen molar-refractivity contribution in [3.8, 4) is 0 Å². The molecule has 0 atom stereocenters. The topological polar surface area (TPSA) is 59.3 Å². The first-order valence-electron chi connectivity index (χ1n) is 5.36. The summed E-state index contributed by atoms with van der Waals surface area (Å²) in [7, 11) is 0. The maximum absolute atomic E-state index is 11.4. The average Bonchev–Trinajstić information content (AvgIpc) is 2.84. The second kappa shape index (κ2) is 4.03. The van der Waals surface area contributed by atoms with Crippen molar-refractivity contribution < 1.29 is 14.0 Å². The van der Waals surface area contributed by atoms with Gasteiger partial charge in [0.1, 0.15) is 5.58 Å². The van der Waals surface area contributed by atoms with Crippen molar-refractivity contribution in [2.75, 3.05) is 0 Å². The number of nitrogens with one attached hydrogen (secondary N) is 1. The third-order valence-corrected chi connectivity index (χ3v) is 3.54. The molecule has 1 N–H and O–H groups in total. The van der Waals surface area contributed by atoms with Gasteiger partial charge in [-0.05, 0) is 48.0 Å². The molecule has 3 rings (SSSR count). The van der Waals surface area contributed by atoms with Crippen molar-refractivity contribution in [3.63, 3.8) is 0 Å². The number of furan rings is 1. The Balaban J connectivity index is 2.04. The van der Waals surface area contributed by atoms with Gasteiger partial charge in [-0.15, -0.1) is 0 Å². The van der Waals surface area contributed by atoms with Gasteiger partial charge >= 0.3 is 0 Å². The number of rotatable bonds is 1. The number of carbonyl (C=O) groups is 2. The Morgan fingerprint density at radius 3 is 2.89 bits per heavy atom. The van der Waals surface area contributed by atoms with Gasteiger partial charge in [0, 0.05) is 5.39 Å². The first kappa shape index (κ1) is 11.1. The highest BCUT2D eigenvalue weighted by atomic mass is 32.2. The molecule has 2 aromatic rings. The molecule has 0 aliphatic carbocycles. The van der Waals surface area contributed by atoms with Crippen molar-refractivity contribution in [2.45, 2.75) is 6.92 Å². The molecule has 90 valence electrons. The summed E-state index contributed by atoms with van der Waals surface area (Å²) in [6, 6.07) is 5.65. The minimum absolute atomic E-state index is 0.327. The summed E-state index contributed by atoms with van der Waals surface area (Å²) in [6.45, 7) is 1.96. The van der Waals surface area contributed by atoms with Crippen LogP contribution in [0.15, 0.2) is 33.8 Å². The first-order valence-corrected chi connectivity index (χ1v) is 6.18. The van der Waals surface area contributed by atoms with Crippen molar-refractivity contribution in [3.05, 3.63) is 40.5 Å². The molecule has 2 amide bonds. The Morgan fingerprint density at radius 2 is 2.17 bits per heavy atom. The molecule has 0 spiro atoms. The van der Waals surface area contributed by atoms with Crippen LogP contribution in [0, 0.1) is 6.92 Å². The van der Waals surface area contributed by atoms with E-state index in [-0.39, 0.29) is 11.1 Å². The molecule has 1 aliphatic heterocycles. The van der Waals surface area contributed by atoms with Crippen LogP contribution in [0.3, 0.4) is 0 Å². The van der Waals surface area contributed by atoms with E-state index in [1.807, 2.05) is 25.1 Å². The van der Waals surface area contributed by atoms with E-state index in [4.69, 9.17) is 4.42 Å². The number of hydrogen-bond donors (Lipinski definition) is 1. The Bertz CT molecular complexity index is 699. The highest BCUT2D eigenvalue weighted by Crippen LogP contribution is 2.27. The normalized spacial score (nSPS) is 17.7. The van der Waals surface area contributed by atoms with E-state index >= 15 is 0 Å². The lowest BCUT2D eigenvalue weighted by molar-refractivity contribution is -0.115. The molecule has 0 bridgehead atoms. The Kier molecular flexibility index (Phi) is 2.48. The summed E-state index contributed by atoms with van der Waals surface area (Å²) in [5.41, 5.74) is 2.73. The lowest BCUT2D eigenvalue weighted by atomic mass is 10.1. The quantitative estimate of drug-likeness (QED) is 0.799. The highest BCUT2D eigenvalue weighted by Gasteiger charge is 2.24. The largest absolute Gasteiger partial charge is 0.464 e. The van der Waals surface area contributed by atoms with Crippen LogP contribution in [0.1, 0.15) is 11.1 Å². The Morgan fingerprint density at radius 1 is 1.33 bits per heavy atom. The predicted octanol–water partition coefficient (Wildman–Crippen LogP) is 3.07. The molecule has 0 radical (unpaired) electrons. The number of benzene rings is 1. The molecule has 1 aromatic carbocycles. The second-order valence-corrected chi connectivity index (χ2v) is 5.04. The predicted molar refractivity (Wildman–Crippen MR) is 70.1 cm³/mol. The van der Waals surface area contributed by atoms with Crippen LogP contribution in [-0.4, -0.2) is 11.1 Å². The van der Waals surface area contributed by atoms with Gasteiger partial charge in [-0.3, -0.25) is 14.9 Å². The third kappa shape index (κ3) is 1.82. The lowest BCUT2D eigenvalue weighted by Crippen LogP contribution is -2.17. The van der Waals surface area contributed by atoms with Gasteiger partial charge in [0.2, 0.25) is 0 Å². The summed E-state index contributed by atoms with van der Waals surface area (Å²) in [4.78, 5) is 22.9. The van der Waals surface area contributed by atoms with Crippen LogP contribution < -0.4 is 5.32 Å². The molecule has 1 fully saturated rings. The van der Waals surface area contributed by atoms with E-state index < -0.39 is 0 Å². The standard InChI is InChI=1S/C13H9NO3S/c1-7-6-17-10-3-2-8(4-9(7)10)5-11-12(15)14-13(16)18-11/h2-6H,1H3,(H,14,15,16). The zero-order valence-corrected chi connectivity index (χ0v) is 10.3. The van der Waals surface area contributed by atoms with Gasteiger partial charge < -0.3 is 4.42 Å². The zero-order chi connectivity index (χ0) is 12.7. The fourth-order valence-corrected chi connectivity index (χ4v) is 2.52. The SMILES string of the molecule is Cc1coc2ccc(C=C3SC(=O)NC3=O)cc12. The number of amides is 2. The second-order valence-electron chi connectivity index (χ2n) is 4.03. The van der Waals surface area contributed by atoms with Gasteiger partial charge in [0.05, 0.1) is 11.2 Å². The first-order chi connectivity index (χ1) is 8.63. The maximum Gasteiger partial charge on any atom is 0.290 e. The molecule has 18 heavy (non-hydrogen) atoms. The number of carbonyl (C=O) groups excluding carboxylic acids is 2. The van der Waals surface area contributed by atoms with Crippen LogP contribution in [-0.2, 0) is 4.79 Å². The van der Waals surface area contributed by atoms with E-state index in [0.29, 0.717) is 4.91 Å². The summed E-state index contributed by atoms with van der Waals surface area (Å²) in [6.07, 6.45) is 3.40. The fourth-order valence-electron chi connectivity index (χ4n) is 1.84. The van der Waals surface area contributed by atoms with E-state index in [1.165, 1.54) is 0 Å². The molecule has 2 heterocycles. The number of hydrogen-bond acceptors (Lipinski definition) is 4. The number of imide groups is 1. The molecule has 0 saturated carbocycles. The summed E-state index contributed by atoms with van der Waals surface area (Å²) < 4.78 is 5.35. The van der Waals surface area contributed by atoms with Gasteiger partial charge in [-0.1, -0.05) is 6.07 Å². The van der Waals surface area contributed by atoms with E-state index in [0.717, 1.165) is 33.9 Å².